The fourth-order valence-electron chi connectivity index (χ4n) is 1.69. The molecule has 1 fully saturated rings. The summed E-state index contributed by atoms with van der Waals surface area (Å²) < 4.78 is 10.6. The van der Waals surface area contributed by atoms with Crippen molar-refractivity contribution in [2.24, 2.45) is 0 Å². The van der Waals surface area contributed by atoms with Crippen molar-refractivity contribution in [2.75, 3.05) is 21.2 Å². The lowest BCUT2D eigenvalue weighted by Crippen LogP contribution is -2.53. The van der Waals surface area contributed by atoms with Gasteiger partial charge in [-0.1, -0.05) is 0 Å². The van der Waals surface area contributed by atoms with Crippen molar-refractivity contribution in [2.45, 2.75) is 37.9 Å². The van der Waals surface area contributed by atoms with Crippen molar-refractivity contribution in [3.05, 3.63) is 0 Å². The standard InChI is InChI=1S/C9H19NO3/c1-6-9(11)7(10(2)3)5-8(12-4)13-6/h6-9,11H,5H2,1-4H3. The molecule has 0 radical (unpaired) electrons. The third-order valence-corrected chi connectivity index (χ3v) is 2.60. The number of hydrogen-bond donors (Lipinski definition) is 1. The Balaban J connectivity index is 2.60. The second-order valence-corrected chi connectivity index (χ2v) is 3.76. The molecule has 0 spiro atoms. The number of hydrogen-bond acceptors (Lipinski definition) is 4. The lowest BCUT2D eigenvalue weighted by molar-refractivity contribution is -0.224. The fourth-order valence-corrected chi connectivity index (χ4v) is 1.69. The van der Waals surface area contributed by atoms with E-state index in [4.69, 9.17) is 9.47 Å². The van der Waals surface area contributed by atoms with Crippen molar-refractivity contribution in [3.63, 3.8) is 0 Å². The molecule has 4 unspecified atom stereocenters. The fraction of sp³-hybridized carbons (Fsp3) is 1.00. The minimum absolute atomic E-state index is 0.119. The van der Waals surface area contributed by atoms with Gasteiger partial charge < -0.3 is 19.5 Å². The van der Waals surface area contributed by atoms with E-state index in [9.17, 15) is 5.11 Å². The SMILES string of the molecule is COC1CC(N(C)C)C(O)C(C)O1. The highest BCUT2D eigenvalue weighted by Crippen LogP contribution is 2.23. The van der Waals surface area contributed by atoms with Gasteiger partial charge in [0, 0.05) is 19.6 Å². The van der Waals surface area contributed by atoms with Crippen molar-refractivity contribution in [1.29, 1.82) is 0 Å². The summed E-state index contributed by atoms with van der Waals surface area (Å²) >= 11 is 0. The zero-order valence-electron chi connectivity index (χ0n) is 8.73. The molecule has 4 heteroatoms. The molecule has 4 nitrogen and oxygen atoms in total. The molecule has 1 N–H and O–H groups in total. The summed E-state index contributed by atoms with van der Waals surface area (Å²) in [6, 6.07) is 0.119. The van der Waals surface area contributed by atoms with Crippen molar-refractivity contribution >= 4 is 0 Å². The Labute approximate surface area is 79.4 Å². The van der Waals surface area contributed by atoms with Gasteiger partial charge in [-0.25, -0.2) is 0 Å². The van der Waals surface area contributed by atoms with Gasteiger partial charge in [-0.3, -0.25) is 0 Å². The van der Waals surface area contributed by atoms with Crippen molar-refractivity contribution in [3.8, 4) is 0 Å². The van der Waals surface area contributed by atoms with E-state index in [-0.39, 0.29) is 18.4 Å². The summed E-state index contributed by atoms with van der Waals surface area (Å²) in [6.07, 6.45) is -0.0621. The minimum atomic E-state index is -0.429. The van der Waals surface area contributed by atoms with Gasteiger partial charge in [-0.2, -0.15) is 0 Å². The summed E-state index contributed by atoms with van der Waals surface area (Å²) in [4.78, 5) is 2.01. The van der Waals surface area contributed by atoms with E-state index in [1.54, 1.807) is 7.11 Å². The summed E-state index contributed by atoms with van der Waals surface area (Å²) in [5.74, 6) is 0. The molecule has 4 atom stereocenters. The van der Waals surface area contributed by atoms with Crippen LogP contribution in [0.15, 0.2) is 0 Å². The number of aliphatic hydroxyl groups excluding tert-OH is 1. The van der Waals surface area contributed by atoms with Gasteiger partial charge in [0.05, 0.1) is 12.2 Å². The van der Waals surface area contributed by atoms with Crippen LogP contribution in [0.25, 0.3) is 0 Å². The van der Waals surface area contributed by atoms with Gasteiger partial charge >= 0.3 is 0 Å². The van der Waals surface area contributed by atoms with Crippen LogP contribution in [0.3, 0.4) is 0 Å². The maximum atomic E-state index is 9.80. The first-order chi connectivity index (χ1) is 6.06. The van der Waals surface area contributed by atoms with E-state index in [2.05, 4.69) is 0 Å². The number of likely N-dealkylation sites (N-methyl/N-ethyl adjacent to an activating group) is 1. The molecular formula is C9H19NO3. The van der Waals surface area contributed by atoms with E-state index < -0.39 is 6.10 Å². The molecule has 0 aromatic heterocycles. The van der Waals surface area contributed by atoms with Crippen molar-refractivity contribution in [1.82, 2.24) is 4.90 Å². The molecule has 0 aromatic carbocycles. The maximum Gasteiger partial charge on any atom is 0.159 e. The van der Waals surface area contributed by atoms with Gasteiger partial charge in [0.15, 0.2) is 6.29 Å². The summed E-state index contributed by atoms with van der Waals surface area (Å²) in [5.41, 5.74) is 0. The van der Waals surface area contributed by atoms with Crippen LogP contribution in [0.1, 0.15) is 13.3 Å². The average molecular weight is 189 g/mol. The Hall–Kier alpha value is -0.160. The molecule has 13 heavy (non-hydrogen) atoms. The second kappa shape index (κ2) is 4.37. The van der Waals surface area contributed by atoms with Crippen LogP contribution in [0.5, 0.6) is 0 Å². The largest absolute Gasteiger partial charge is 0.389 e. The summed E-state index contributed by atoms with van der Waals surface area (Å²) in [6.45, 7) is 1.87. The van der Waals surface area contributed by atoms with Crippen LogP contribution in [0, 0.1) is 0 Å². The van der Waals surface area contributed by atoms with Crippen LogP contribution in [0.4, 0.5) is 0 Å². The van der Waals surface area contributed by atoms with Crippen LogP contribution < -0.4 is 0 Å². The third-order valence-electron chi connectivity index (χ3n) is 2.60. The van der Waals surface area contributed by atoms with E-state index in [0.29, 0.717) is 0 Å². The van der Waals surface area contributed by atoms with Gasteiger partial charge in [-0.15, -0.1) is 0 Å². The molecular weight excluding hydrogens is 170 g/mol. The molecule has 1 saturated heterocycles. The normalized spacial score (nSPS) is 41.1. The number of nitrogens with zero attached hydrogens (tertiary/aromatic N) is 1. The van der Waals surface area contributed by atoms with E-state index in [0.717, 1.165) is 6.42 Å². The van der Waals surface area contributed by atoms with Crippen LogP contribution in [0.2, 0.25) is 0 Å². The third kappa shape index (κ3) is 2.40. The molecule has 78 valence electrons. The zero-order valence-corrected chi connectivity index (χ0v) is 8.73. The lowest BCUT2D eigenvalue weighted by atomic mass is 9.99. The van der Waals surface area contributed by atoms with Gasteiger partial charge in [0.1, 0.15) is 0 Å². The van der Waals surface area contributed by atoms with E-state index in [1.807, 2.05) is 25.9 Å². The Morgan fingerprint density at radius 3 is 2.54 bits per heavy atom. The zero-order chi connectivity index (χ0) is 10.0. The molecule has 1 heterocycles. The van der Waals surface area contributed by atoms with Crippen LogP contribution in [-0.4, -0.2) is 55.8 Å². The first-order valence-corrected chi connectivity index (χ1v) is 4.59. The predicted molar refractivity (Wildman–Crippen MR) is 49.4 cm³/mol. The van der Waals surface area contributed by atoms with Crippen molar-refractivity contribution < 1.29 is 14.6 Å². The highest BCUT2D eigenvalue weighted by molar-refractivity contribution is 4.85. The number of methoxy groups -OCH3 is 1. The number of ether oxygens (including phenoxy) is 2. The quantitative estimate of drug-likeness (QED) is 0.667. The number of rotatable bonds is 2. The smallest absolute Gasteiger partial charge is 0.159 e. The minimum Gasteiger partial charge on any atom is -0.389 e. The van der Waals surface area contributed by atoms with Crippen LogP contribution in [-0.2, 0) is 9.47 Å². The molecule has 0 amide bonds. The highest BCUT2D eigenvalue weighted by atomic mass is 16.7. The van der Waals surface area contributed by atoms with Gasteiger partial charge in [0.2, 0.25) is 0 Å². The summed E-state index contributed by atoms with van der Waals surface area (Å²) in [7, 11) is 5.54. The first-order valence-electron chi connectivity index (χ1n) is 4.59. The monoisotopic (exact) mass is 189 g/mol. The molecule has 0 saturated carbocycles. The lowest BCUT2D eigenvalue weighted by Gasteiger charge is -2.40. The Kier molecular flexibility index (Phi) is 3.67. The van der Waals surface area contributed by atoms with E-state index >= 15 is 0 Å². The van der Waals surface area contributed by atoms with Crippen LogP contribution >= 0.6 is 0 Å². The Bertz CT molecular complexity index is 163. The molecule has 0 bridgehead atoms. The average Bonchev–Trinajstić information content (AvgIpc) is 2.09. The Morgan fingerprint density at radius 2 is 2.08 bits per heavy atom. The highest BCUT2D eigenvalue weighted by Gasteiger charge is 2.36. The first kappa shape index (κ1) is 10.9. The molecule has 0 aliphatic carbocycles. The molecule has 1 aliphatic rings. The molecule has 1 rings (SSSR count). The van der Waals surface area contributed by atoms with Gasteiger partial charge in [0.25, 0.3) is 0 Å². The predicted octanol–water partition coefficient (Wildman–Crippen LogP) is 0.0588. The van der Waals surface area contributed by atoms with Gasteiger partial charge in [-0.05, 0) is 21.0 Å². The molecule has 1 aliphatic heterocycles. The molecule has 0 aromatic rings. The second-order valence-electron chi connectivity index (χ2n) is 3.76. The van der Waals surface area contributed by atoms with E-state index in [1.165, 1.54) is 0 Å². The Morgan fingerprint density at radius 1 is 1.46 bits per heavy atom. The topological polar surface area (TPSA) is 41.9 Å². The summed E-state index contributed by atoms with van der Waals surface area (Å²) in [5, 5.41) is 9.80. The maximum absolute atomic E-state index is 9.80. The number of aliphatic hydroxyl groups is 1.